The van der Waals surface area contributed by atoms with E-state index in [1.165, 1.54) is 18.2 Å². The van der Waals surface area contributed by atoms with Crippen LogP contribution in [0.1, 0.15) is 19.4 Å². The molecule has 1 atom stereocenters. The predicted molar refractivity (Wildman–Crippen MR) is 81.3 cm³/mol. The predicted octanol–water partition coefficient (Wildman–Crippen LogP) is 3.12. The molecule has 0 aliphatic rings. The standard InChI is InChI=1S/C13H18ClNO5S/c1-9(2)11(8-21(14,18)19)7-20-13-5-4-12(15(16)17)6-10(13)3/h4-6,9,11H,7-8H2,1-3H3. The van der Waals surface area contributed by atoms with Gasteiger partial charge < -0.3 is 4.74 Å². The van der Waals surface area contributed by atoms with Gasteiger partial charge in [-0.1, -0.05) is 13.8 Å². The fourth-order valence-electron chi connectivity index (χ4n) is 1.79. The second-order valence-electron chi connectivity index (χ2n) is 5.23. The minimum absolute atomic E-state index is 0.0106. The van der Waals surface area contributed by atoms with Crippen LogP contribution in [0.5, 0.6) is 5.75 Å². The summed E-state index contributed by atoms with van der Waals surface area (Å²) in [6.07, 6.45) is 0. The van der Waals surface area contributed by atoms with Gasteiger partial charge in [-0.25, -0.2) is 8.42 Å². The highest BCUT2D eigenvalue weighted by molar-refractivity contribution is 8.13. The van der Waals surface area contributed by atoms with Gasteiger partial charge in [-0.2, -0.15) is 0 Å². The summed E-state index contributed by atoms with van der Waals surface area (Å²) in [7, 11) is 1.68. The summed E-state index contributed by atoms with van der Waals surface area (Å²) in [4.78, 5) is 10.2. The second-order valence-corrected chi connectivity index (χ2v) is 8.05. The fraction of sp³-hybridized carbons (Fsp3) is 0.538. The minimum atomic E-state index is -3.60. The lowest BCUT2D eigenvalue weighted by molar-refractivity contribution is -0.384. The number of hydrogen-bond acceptors (Lipinski definition) is 5. The van der Waals surface area contributed by atoms with Crippen LogP contribution in [-0.4, -0.2) is 25.7 Å². The molecule has 0 aliphatic carbocycles. The molecule has 0 aromatic heterocycles. The Morgan fingerprint density at radius 3 is 2.43 bits per heavy atom. The molecule has 0 aliphatic heterocycles. The summed E-state index contributed by atoms with van der Waals surface area (Å²) in [6.45, 7) is 5.66. The van der Waals surface area contributed by atoms with Gasteiger partial charge in [0.25, 0.3) is 5.69 Å². The van der Waals surface area contributed by atoms with Crippen LogP contribution < -0.4 is 4.74 Å². The van der Waals surface area contributed by atoms with Crippen molar-refractivity contribution in [2.75, 3.05) is 12.4 Å². The van der Waals surface area contributed by atoms with Crippen LogP contribution in [0.2, 0.25) is 0 Å². The van der Waals surface area contributed by atoms with E-state index in [9.17, 15) is 18.5 Å². The maximum absolute atomic E-state index is 11.2. The molecule has 0 spiro atoms. The van der Waals surface area contributed by atoms with Gasteiger partial charge in [-0.3, -0.25) is 10.1 Å². The average Bonchev–Trinajstić information content (AvgIpc) is 2.33. The molecule has 0 bridgehead atoms. The quantitative estimate of drug-likeness (QED) is 0.434. The lowest BCUT2D eigenvalue weighted by Gasteiger charge is -2.20. The lowest BCUT2D eigenvalue weighted by atomic mass is 9.99. The van der Waals surface area contributed by atoms with Crippen molar-refractivity contribution in [2.24, 2.45) is 11.8 Å². The Bertz CT molecular complexity index is 615. The smallest absolute Gasteiger partial charge is 0.269 e. The van der Waals surface area contributed by atoms with E-state index in [-0.39, 0.29) is 29.9 Å². The molecule has 1 aromatic carbocycles. The summed E-state index contributed by atoms with van der Waals surface area (Å²) in [5, 5.41) is 10.7. The van der Waals surface area contributed by atoms with Crippen molar-refractivity contribution in [1.29, 1.82) is 0 Å². The molecule has 0 radical (unpaired) electrons. The van der Waals surface area contributed by atoms with Crippen LogP contribution in [0.3, 0.4) is 0 Å². The van der Waals surface area contributed by atoms with E-state index in [1.807, 2.05) is 13.8 Å². The van der Waals surface area contributed by atoms with Gasteiger partial charge in [-0.05, 0) is 24.5 Å². The van der Waals surface area contributed by atoms with E-state index >= 15 is 0 Å². The zero-order valence-electron chi connectivity index (χ0n) is 12.1. The SMILES string of the molecule is Cc1cc([N+](=O)[O-])ccc1OCC(CS(=O)(=O)Cl)C(C)C. The third-order valence-electron chi connectivity index (χ3n) is 3.18. The zero-order valence-corrected chi connectivity index (χ0v) is 13.6. The van der Waals surface area contributed by atoms with E-state index in [4.69, 9.17) is 15.4 Å². The van der Waals surface area contributed by atoms with Crippen molar-refractivity contribution in [3.8, 4) is 5.75 Å². The van der Waals surface area contributed by atoms with E-state index in [1.54, 1.807) is 6.92 Å². The van der Waals surface area contributed by atoms with E-state index in [2.05, 4.69) is 0 Å². The summed E-state index contributed by atoms with van der Waals surface area (Å²) >= 11 is 0. The molecule has 0 fully saturated rings. The van der Waals surface area contributed by atoms with Gasteiger partial charge in [0.05, 0.1) is 17.3 Å². The van der Waals surface area contributed by atoms with Crippen molar-refractivity contribution in [3.05, 3.63) is 33.9 Å². The summed E-state index contributed by atoms with van der Waals surface area (Å²) in [5.41, 5.74) is 0.615. The fourth-order valence-corrected chi connectivity index (χ4v) is 3.27. The van der Waals surface area contributed by atoms with E-state index in [0.29, 0.717) is 11.3 Å². The Labute approximate surface area is 128 Å². The van der Waals surface area contributed by atoms with Gasteiger partial charge in [0.15, 0.2) is 0 Å². The monoisotopic (exact) mass is 335 g/mol. The molecule has 118 valence electrons. The summed E-state index contributed by atoms with van der Waals surface area (Å²) < 4.78 is 28.0. The molecule has 6 nitrogen and oxygen atoms in total. The maximum Gasteiger partial charge on any atom is 0.269 e. The first kappa shape index (κ1) is 17.7. The van der Waals surface area contributed by atoms with Crippen molar-refractivity contribution in [1.82, 2.24) is 0 Å². The molecule has 0 saturated heterocycles. The number of nitrogens with zero attached hydrogens (tertiary/aromatic N) is 1. The van der Waals surface area contributed by atoms with Gasteiger partial charge in [0.1, 0.15) is 5.75 Å². The minimum Gasteiger partial charge on any atom is -0.493 e. The van der Waals surface area contributed by atoms with E-state index in [0.717, 1.165) is 0 Å². The van der Waals surface area contributed by atoms with Gasteiger partial charge in [0, 0.05) is 28.7 Å². The Morgan fingerprint density at radius 1 is 1.38 bits per heavy atom. The highest BCUT2D eigenvalue weighted by Crippen LogP contribution is 2.25. The number of non-ortho nitro benzene ring substituents is 1. The molecular formula is C13H18ClNO5S. The van der Waals surface area contributed by atoms with Crippen molar-refractivity contribution < 1.29 is 18.1 Å². The number of halogens is 1. The molecule has 1 aromatic rings. The van der Waals surface area contributed by atoms with Crippen LogP contribution in [-0.2, 0) is 9.05 Å². The van der Waals surface area contributed by atoms with Gasteiger partial charge >= 0.3 is 0 Å². The number of ether oxygens (including phenoxy) is 1. The maximum atomic E-state index is 11.2. The number of aryl methyl sites for hydroxylation is 1. The molecule has 8 heteroatoms. The zero-order chi connectivity index (χ0) is 16.2. The molecule has 0 amide bonds. The third-order valence-corrected chi connectivity index (χ3v) is 4.38. The van der Waals surface area contributed by atoms with Crippen LogP contribution in [0.15, 0.2) is 18.2 Å². The lowest BCUT2D eigenvalue weighted by Crippen LogP contribution is -2.24. The highest BCUT2D eigenvalue weighted by Gasteiger charge is 2.21. The first-order valence-electron chi connectivity index (χ1n) is 6.40. The van der Waals surface area contributed by atoms with Crippen molar-refractivity contribution in [2.45, 2.75) is 20.8 Å². The molecule has 21 heavy (non-hydrogen) atoms. The molecule has 0 N–H and O–H groups in total. The normalized spacial score (nSPS) is 13.2. The second kappa shape index (κ2) is 7.09. The summed E-state index contributed by atoms with van der Waals surface area (Å²) in [6, 6.07) is 4.28. The van der Waals surface area contributed by atoms with Crippen LogP contribution in [0.25, 0.3) is 0 Å². The number of benzene rings is 1. The Morgan fingerprint density at radius 2 is 2.00 bits per heavy atom. The van der Waals surface area contributed by atoms with E-state index < -0.39 is 14.0 Å². The molecule has 1 unspecified atom stereocenters. The van der Waals surface area contributed by atoms with Crippen LogP contribution >= 0.6 is 10.7 Å². The van der Waals surface area contributed by atoms with Crippen LogP contribution in [0.4, 0.5) is 5.69 Å². The number of nitro benzene ring substituents is 1. The first-order valence-corrected chi connectivity index (χ1v) is 8.88. The first-order chi connectivity index (χ1) is 9.60. The molecule has 0 saturated carbocycles. The topological polar surface area (TPSA) is 86.5 Å². The van der Waals surface area contributed by atoms with Crippen molar-refractivity contribution >= 4 is 25.4 Å². The Hall–Kier alpha value is -1.34. The number of rotatable bonds is 7. The Kier molecular flexibility index (Phi) is 5.98. The number of nitro groups is 1. The molecule has 1 rings (SSSR count). The molecule has 0 heterocycles. The highest BCUT2D eigenvalue weighted by atomic mass is 35.7. The average molecular weight is 336 g/mol. The van der Waals surface area contributed by atoms with Gasteiger partial charge in [0.2, 0.25) is 9.05 Å². The third kappa shape index (κ3) is 5.89. The Balaban J connectivity index is 2.79. The summed E-state index contributed by atoms with van der Waals surface area (Å²) in [5.74, 6) is 0.162. The largest absolute Gasteiger partial charge is 0.493 e. The number of hydrogen-bond donors (Lipinski definition) is 0. The van der Waals surface area contributed by atoms with Crippen LogP contribution in [0, 0.1) is 28.9 Å². The van der Waals surface area contributed by atoms with Crippen molar-refractivity contribution in [3.63, 3.8) is 0 Å². The van der Waals surface area contributed by atoms with Gasteiger partial charge in [-0.15, -0.1) is 0 Å². The molecular weight excluding hydrogens is 318 g/mol.